The number of amides is 1. The third-order valence-corrected chi connectivity index (χ3v) is 4.95. The molecule has 1 heterocycles. The smallest absolute Gasteiger partial charge is 0.287 e. The summed E-state index contributed by atoms with van der Waals surface area (Å²) in [5, 5.41) is 2.73. The van der Waals surface area contributed by atoms with Crippen LogP contribution in [0.15, 0.2) is 36.4 Å². The van der Waals surface area contributed by atoms with E-state index in [0.717, 1.165) is 27.8 Å². The number of nitrogens with one attached hydrogen (secondary N) is 1. The molecular formula is C21H25F3N2O. The lowest BCUT2D eigenvalue weighted by Gasteiger charge is -2.38. The minimum absolute atomic E-state index is 0.0334. The summed E-state index contributed by atoms with van der Waals surface area (Å²) in [5.41, 5.74) is 2.72. The monoisotopic (exact) mass is 378 g/mol. The number of carbonyl (C=O) groups is 1. The lowest BCUT2D eigenvalue weighted by Crippen LogP contribution is -2.51. The topological polar surface area (TPSA) is 32.3 Å². The van der Waals surface area contributed by atoms with E-state index in [4.69, 9.17) is 0 Å². The van der Waals surface area contributed by atoms with E-state index in [1.165, 1.54) is 6.07 Å². The summed E-state index contributed by atoms with van der Waals surface area (Å²) in [6.45, 7) is 7.51. The fourth-order valence-corrected chi connectivity index (χ4v) is 3.78. The van der Waals surface area contributed by atoms with Crippen LogP contribution in [0.5, 0.6) is 0 Å². The van der Waals surface area contributed by atoms with Crippen molar-refractivity contribution in [3.8, 4) is 0 Å². The van der Waals surface area contributed by atoms with Gasteiger partial charge in [-0.1, -0.05) is 44.2 Å². The summed E-state index contributed by atoms with van der Waals surface area (Å²) >= 11 is 0. The molecule has 0 saturated carbocycles. The molecule has 1 fully saturated rings. The molecule has 1 N–H and O–H groups in total. The van der Waals surface area contributed by atoms with Crippen molar-refractivity contribution < 1.29 is 18.0 Å². The first-order valence-electron chi connectivity index (χ1n) is 9.15. The normalized spacial score (nSPS) is 18.9. The van der Waals surface area contributed by atoms with Crippen LogP contribution < -0.4 is 5.43 Å². The van der Waals surface area contributed by atoms with Crippen molar-refractivity contribution in [3.05, 3.63) is 47.5 Å². The second-order valence-corrected chi connectivity index (χ2v) is 8.38. The van der Waals surface area contributed by atoms with Crippen LogP contribution in [0.25, 0.3) is 10.8 Å². The summed E-state index contributed by atoms with van der Waals surface area (Å²) in [6.07, 6.45) is -3.61. The highest BCUT2D eigenvalue weighted by Gasteiger charge is 2.52. The Balaban J connectivity index is 2.07. The number of hydrogen-bond acceptors (Lipinski definition) is 2. The summed E-state index contributed by atoms with van der Waals surface area (Å²) < 4.78 is 42.0. The Hall–Kier alpha value is -2.08. The molecule has 1 amide bonds. The van der Waals surface area contributed by atoms with Crippen LogP contribution in [0, 0.1) is 5.92 Å². The SMILES string of the molecule is CC(C)Cc1ccc2ccc([C@H](N3NC(=O)CC3(C)C)C(F)(F)F)cc2c1. The first-order valence-corrected chi connectivity index (χ1v) is 9.15. The standard InChI is InChI=1S/C21H25F3N2O/c1-13(2)9-14-5-6-15-7-8-16(11-17(15)10-14)19(21(22,23)24)26-20(3,4)12-18(27)25-26/h5-8,10-11,13,19H,9,12H2,1-4H3,(H,25,27)/t19-/m0/s1. The Kier molecular flexibility index (Phi) is 4.97. The maximum atomic E-state index is 14.0. The van der Waals surface area contributed by atoms with E-state index in [-0.39, 0.29) is 12.0 Å². The van der Waals surface area contributed by atoms with Crippen LogP contribution in [0.2, 0.25) is 0 Å². The highest BCUT2D eigenvalue weighted by Crippen LogP contribution is 2.43. The average Bonchev–Trinajstić information content (AvgIpc) is 2.77. The number of nitrogens with zero attached hydrogens (tertiary/aromatic N) is 1. The average molecular weight is 378 g/mol. The number of benzene rings is 2. The van der Waals surface area contributed by atoms with Gasteiger partial charge < -0.3 is 0 Å². The van der Waals surface area contributed by atoms with Crippen LogP contribution in [-0.2, 0) is 11.2 Å². The lowest BCUT2D eigenvalue weighted by molar-refractivity contribution is -0.203. The summed E-state index contributed by atoms with van der Waals surface area (Å²) in [5.74, 6) is 0.0726. The molecule has 2 aromatic rings. The van der Waals surface area contributed by atoms with Gasteiger partial charge in [-0.25, -0.2) is 0 Å². The Bertz CT molecular complexity index is 858. The van der Waals surface area contributed by atoms with Crippen molar-refractivity contribution in [2.75, 3.05) is 0 Å². The fraction of sp³-hybridized carbons (Fsp3) is 0.476. The van der Waals surface area contributed by atoms with Gasteiger partial charge >= 0.3 is 6.18 Å². The highest BCUT2D eigenvalue weighted by molar-refractivity contribution is 5.84. The molecule has 0 aromatic heterocycles. The fourth-order valence-electron chi connectivity index (χ4n) is 3.78. The number of alkyl halides is 3. The molecule has 0 spiro atoms. The predicted octanol–water partition coefficient (Wildman–Crippen LogP) is 5.16. The molecule has 2 aromatic carbocycles. The molecule has 3 rings (SSSR count). The van der Waals surface area contributed by atoms with Gasteiger partial charge in [0.1, 0.15) is 0 Å². The number of hydrogen-bond donors (Lipinski definition) is 1. The number of hydrazine groups is 1. The van der Waals surface area contributed by atoms with Gasteiger partial charge in [0, 0.05) is 12.0 Å². The highest BCUT2D eigenvalue weighted by atomic mass is 19.4. The van der Waals surface area contributed by atoms with E-state index in [9.17, 15) is 18.0 Å². The van der Waals surface area contributed by atoms with Crippen LogP contribution in [0.3, 0.4) is 0 Å². The molecule has 0 bridgehead atoms. The summed E-state index contributed by atoms with van der Waals surface area (Å²) in [4.78, 5) is 11.8. The van der Waals surface area contributed by atoms with Gasteiger partial charge in [-0.2, -0.15) is 18.2 Å². The van der Waals surface area contributed by atoms with Gasteiger partial charge in [0.2, 0.25) is 5.91 Å². The van der Waals surface area contributed by atoms with E-state index in [2.05, 4.69) is 19.3 Å². The second-order valence-electron chi connectivity index (χ2n) is 8.38. The minimum Gasteiger partial charge on any atom is -0.287 e. The Morgan fingerprint density at radius 3 is 2.33 bits per heavy atom. The van der Waals surface area contributed by atoms with E-state index in [1.54, 1.807) is 26.0 Å². The van der Waals surface area contributed by atoms with Crippen LogP contribution >= 0.6 is 0 Å². The zero-order valence-corrected chi connectivity index (χ0v) is 16.0. The number of halogens is 3. The van der Waals surface area contributed by atoms with Crippen molar-refractivity contribution in [2.24, 2.45) is 5.92 Å². The van der Waals surface area contributed by atoms with Gasteiger partial charge in [-0.15, -0.1) is 0 Å². The molecule has 6 heteroatoms. The Labute approximate surface area is 157 Å². The first-order chi connectivity index (χ1) is 12.5. The van der Waals surface area contributed by atoms with E-state index in [1.807, 2.05) is 18.2 Å². The molecule has 3 nitrogen and oxygen atoms in total. The molecule has 0 radical (unpaired) electrons. The van der Waals surface area contributed by atoms with E-state index in [0.29, 0.717) is 5.92 Å². The van der Waals surface area contributed by atoms with E-state index < -0.39 is 23.7 Å². The van der Waals surface area contributed by atoms with Crippen molar-refractivity contribution in [1.29, 1.82) is 0 Å². The van der Waals surface area contributed by atoms with Crippen molar-refractivity contribution >= 4 is 16.7 Å². The first kappa shape index (κ1) is 19.7. The Morgan fingerprint density at radius 1 is 1.11 bits per heavy atom. The van der Waals surface area contributed by atoms with Gasteiger partial charge in [0.15, 0.2) is 6.04 Å². The number of fused-ring (bicyclic) bond motifs is 1. The molecule has 27 heavy (non-hydrogen) atoms. The largest absolute Gasteiger partial charge is 0.409 e. The molecular weight excluding hydrogens is 353 g/mol. The molecule has 1 aliphatic heterocycles. The van der Waals surface area contributed by atoms with Crippen molar-refractivity contribution in [3.63, 3.8) is 0 Å². The maximum absolute atomic E-state index is 14.0. The predicted molar refractivity (Wildman–Crippen MR) is 100.0 cm³/mol. The van der Waals surface area contributed by atoms with Gasteiger partial charge in [-0.05, 0) is 54.2 Å². The molecule has 1 saturated heterocycles. The zero-order valence-electron chi connectivity index (χ0n) is 16.0. The molecule has 0 aliphatic carbocycles. The molecule has 0 unspecified atom stereocenters. The third kappa shape index (κ3) is 4.10. The molecule has 146 valence electrons. The Morgan fingerprint density at radius 2 is 1.78 bits per heavy atom. The lowest BCUT2D eigenvalue weighted by atomic mass is 9.94. The van der Waals surface area contributed by atoms with Crippen molar-refractivity contribution in [1.82, 2.24) is 10.4 Å². The number of carbonyl (C=O) groups excluding carboxylic acids is 1. The van der Waals surface area contributed by atoms with Crippen LogP contribution in [0.4, 0.5) is 13.2 Å². The van der Waals surface area contributed by atoms with Gasteiger partial charge in [0.25, 0.3) is 0 Å². The molecule has 1 atom stereocenters. The van der Waals surface area contributed by atoms with Crippen LogP contribution in [-0.4, -0.2) is 22.6 Å². The summed E-state index contributed by atoms with van der Waals surface area (Å²) in [6, 6.07) is 8.85. The van der Waals surface area contributed by atoms with Gasteiger partial charge in [0.05, 0.1) is 0 Å². The third-order valence-electron chi connectivity index (χ3n) is 4.95. The maximum Gasteiger partial charge on any atom is 0.409 e. The van der Waals surface area contributed by atoms with Crippen LogP contribution in [0.1, 0.15) is 51.3 Å². The number of rotatable bonds is 4. The van der Waals surface area contributed by atoms with Gasteiger partial charge in [-0.3, -0.25) is 10.2 Å². The minimum atomic E-state index is -4.52. The van der Waals surface area contributed by atoms with E-state index >= 15 is 0 Å². The summed E-state index contributed by atoms with van der Waals surface area (Å²) in [7, 11) is 0. The van der Waals surface area contributed by atoms with Crippen molar-refractivity contribution in [2.45, 2.75) is 58.3 Å². The second kappa shape index (κ2) is 6.82. The quantitative estimate of drug-likeness (QED) is 0.797. The molecule has 1 aliphatic rings. The zero-order chi connectivity index (χ0) is 20.0.